The normalized spacial score (nSPS) is 14.0. The Labute approximate surface area is 131 Å². The smallest absolute Gasteiger partial charge is 0.342 e. The van der Waals surface area contributed by atoms with Gasteiger partial charge in [0.2, 0.25) is 0 Å². The highest BCUT2D eigenvalue weighted by Crippen LogP contribution is 2.41. The molecule has 1 aliphatic rings. The average molecular weight is 302 g/mol. The molecule has 0 aromatic heterocycles. The van der Waals surface area contributed by atoms with Gasteiger partial charge in [-0.1, -0.05) is 11.6 Å². The molecule has 2 radical (unpaired) electrons. The number of phenols is 1. The van der Waals surface area contributed by atoms with Crippen molar-refractivity contribution >= 4 is 5.97 Å². The number of hydrogen-bond acceptors (Lipinski definition) is 4. The molecular weight excluding hydrogens is 280 g/mol. The van der Waals surface area contributed by atoms with Gasteiger partial charge in [0.15, 0.2) is 0 Å². The number of cyclic esters (lactones) is 1. The van der Waals surface area contributed by atoms with Gasteiger partial charge < -0.3 is 14.6 Å². The standard InChI is InChI=1S/C18H22O4/c1-5-6-7-11(2)8-9-13-16(19)15-14(10-22-18(15)20)12(3)17(13)21-4/h1,8,19H,5-7,9-10H2,2-4H3. The average Bonchev–Trinajstić information content (AvgIpc) is 2.89. The van der Waals surface area contributed by atoms with Crippen molar-refractivity contribution in [3.05, 3.63) is 40.8 Å². The molecule has 0 saturated heterocycles. The van der Waals surface area contributed by atoms with E-state index in [0.717, 1.165) is 18.4 Å². The van der Waals surface area contributed by atoms with E-state index in [1.165, 1.54) is 5.57 Å². The predicted molar refractivity (Wildman–Crippen MR) is 84.1 cm³/mol. The molecular formula is C18H22O4. The Balaban J connectivity index is 2.41. The first-order chi connectivity index (χ1) is 10.5. The first kappa shape index (κ1) is 16.4. The van der Waals surface area contributed by atoms with Crippen molar-refractivity contribution in [1.82, 2.24) is 0 Å². The monoisotopic (exact) mass is 302 g/mol. The first-order valence-electron chi connectivity index (χ1n) is 7.45. The predicted octanol–water partition coefficient (Wildman–Crippen LogP) is 3.75. The summed E-state index contributed by atoms with van der Waals surface area (Å²) in [6, 6.07) is 0. The van der Waals surface area contributed by atoms with Crippen LogP contribution in [0.3, 0.4) is 0 Å². The van der Waals surface area contributed by atoms with Crippen molar-refractivity contribution in [2.75, 3.05) is 7.11 Å². The lowest BCUT2D eigenvalue weighted by Gasteiger charge is -2.15. The molecule has 118 valence electrons. The molecule has 0 amide bonds. The van der Waals surface area contributed by atoms with E-state index < -0.39 is 5.97 Å². The van der Waals surface area contributed by atoms with Crippen LogP contribution >= 0.6 is 0 Å². The summed E-state index contributed by atoms with van der Waals surface area (Å²) in [4.78, 5) is 11.8. The number of aromatic hydroxyl groups is 1. The van der Waals surface area contributed by atoms with E-state index in [9.17, 15) is 9.90 Å². The van der Waals surface area contributed by atoms with Gasteiger partial charge in [-0.05, 0) is 52.0 Å². The largest absolute Gasteiger partial charge is 0.507 e. The molecule has 1 aromatic carbocycles. The fourth-order valence-electron chi connectivity index (χ4n) is 2.79. The third-order valence-electron chi connectivity index (χ3n) is 4.08. The fraction of sp³-hybridized carbons (Fsp3) is 0.444. The minimum atomic E-state index is -0.469. The first-order valence-corrected chi connectivity index (χ1v) is 7.45. The third kappa shape index (κ3) is 2.96. The zero-order valence-corrected chi connectivity index (χ0v) is 13.4. The van der Waals surface area contributed by atoms with Crippen LogP contribution in [0.5, 0.6) is 11.5 Å². The summed E-state index contributed by atoms with van der Waals surface area (Å²) in [5, 5.41) is 10.5. The molecule has 0 bridgehead atoms. The van der Waals surface area contributed by atoms with E-state index in [1.54, 1.807) is 7.11 Å². The molecule has 1 N–H and O–H groups in total. The van der Waals surface area contributed by atoms with Gasteiger partial charge in [-0.3, -0.25) is 0 Å². The molecule has 0 saturated carbocycles. The molecule has 0 atom stereocenters. The lowest BCUT2D eigenvalue weighted by atomic mass is 9.94. The second-order valence-electron chi connectivity index (χ2n) is 5.56. The fourth-order valence-corrected chi connectivity index (χ4v) is 2.79. The van der Waals surface area contributed by atoms with Gasteiger partial charge in [-0.15, -0.1) is 0 Å². The van der Waals surface area contributed by atoms with E-state index in [0.29, 0.717) is 29.7 Å². The van der Waals surface area contributed by atoms with Gasteiger partial charge in [0.05, 0.1) is 7.11 Å². The van der Waals surface area contributed by atoms with Gasteiger partial charge in [0.25, 0.3) is 0 Å². The number of unbranched alkanes of at least 4 members (excludes halogenated alkanes) is 1. The highest BCUT2D eigenvalue weighted by molar-refractivity contribution is 5.98. The van der Waals surface area contributed by atoms with Crippen LogP contribution in [0.2, 0.25) is 0 Å². The second kappa shape index (κ2) is 6.86. The lowest BCUT2D eigenvalue weighted by molar-refractivity contribution is 0.0533. The molecule has 0 aliphatic carbocycles. The zero-order chi connectivity index (χ0) is 16.3. The quantitative estimate of drug-likeness (QED) is 0.642. The summed E-state index contributed by atoms with van der Waals surface area (Å²) >= 11 is 0. The number of esters is 1. The summed E-state index contributed by atoms with van der Waals surface area (Å²) in [5.41, 5.74) is 3.68. The lowest BCUT2D eigenvalue weighted by Crippen LogP contribution is -2.03. The molecule has 1 aromatic rings. The summed E-state index contributed by atoms with van der Waals surface area (Å²) in [5.74, 6) is 0.128. The van der Waals surface area contributed by atoms with Crippen LogP contribution in [-0.2, 0) is 17.8 Å². The van der Waals surface area contributed by atoms with Crippen LogP contribution < -0.4 is 4.74 Å². The van der Waals surface area contributed by atoms with Crippen molar-refractivity contribution < 1.29 is 19.4 Å². The Morgan fingerprint density at radius 2 is 2.23 bits per heavy atom. The third-order valence-corrected chi connectivity index (χ3v) is 4.08. The molecule has 4 heteroatoms. The van der Waals surface area contributed by atoms with Crippen LogP contribution in [0.25, 0.3) is 0 Å². The minimum absolute atomic E-state index is 0.0252. The van der Waals surface area contributed by atoms with E-state index >= 15 is 0 Å². The van der Waals surface area contributed by atoms with Crippen molar-refractivity contribution in [2.24, 2.45) is 0 Å². The maximum Gasteiger partial charge on any atom is 0.342 e. The van der Waals surface area contributed by atoms with Crippen LogP contribution in [0.4, 0.5) is 0 Å². The van der Waals surface area contributed by atoms with E-state index in [4.69, 9.17) is 16.4 Å². The Bertz CT molecular complexity index is 614. The second-order valence-corrected chi connectivity index (χ2v) is 5.56. The topological polar surface area (TPSA) is 55.8 Å². The summed E-state index contributed by atoms with van der Waals surface area (Å²) < 4.78 is 10.5. The number of ether oxygens (including phenoxy) is 2. The Hall–Kier alpha value is -1.97. The van der Waals surface area contributed by atoms with E-state index in [2.05, 4.69) is 0 Å². The van der Waals surface area contributed by atoms with Crippen molar-refractivity contribution in [3.8, 4) is 11.5 Å². The van der Waals surface area contributed by atoms with Gasteiger partial charge in [-0.25, -0.2) is 4.79 Å². The van der Waals surface area contributed by atoms with Gasteiger partial charge >= 0.3 is 5.97 Å². The van der Waals surface area contributed by atoms with Gasteiger partial charge in [-0.2, -0.15) is 0 Å². The summed E-state index contributed by atoms with van der Waals surface area (Å²) in [6.45, 7) is 9.62. The number of allylic oxidation sites excluding steroid dienone is 2. The highest BCUT2D eigenvalue weighted by Gasteiger charge is 2.31. The van der Waals surface area contributed by atoms with Crippen LogP contribution in [0.15, 0.2) is 11.6 Å². The van der Waals surface area contributed by atoms with E-state index in [1.807, 2.05) is 19.9 Å². The van der Waals surface area contributed by atoms with Crippen molar-refractivity contribution in [3.63, 3.8) is 0 Å². The molecule has 1 aliphatic heterocycles. The molecule has 0 spiro atoms. The SMILES string of the molecule is [CH]CCCC(C)=CCc1c(O)c2c(c(C)c1OC)COC2=O. The summed E-state index contributed by atoms with van der Waals surface area (Å²) in [7, 11) is 1.57. The Morgan fingerprint density at radius 1 is 1.50 bits per heavy atom. The molecule has 22 heavy (non-hydrogen) atoms. The number of fused-ring (bicyclic) bond motifs is 1. The Kier molecular flexibility index (Phi) is 5.11. The molecule has 0 unspecified atom stereocenters. The van der Waals surface area contributed by atoms with Crippen molar-refractivity contribution in [2.45, 2.75) is 46.1 Å². The maximum absolute atomic E-state index is 11.8. The number of rotatable bonds is 6. The number of benzene rings is 1. The zero-order valence-electron chi connectivity index (χ0n) is 13.4. The molecule has 2 rings (SSSR count). The maximum atomic E-state index is 11.8. The van der Waals surface area contributed by atoms with Crippen LogP contribution in [0, 0.1) is 13.8 Å². The van der Waals surface area contributed by atoms with Crippen molar-refractivity contribution in [1.29, 1.82) is 0 Å². The number of hydrogen-bond donors (Lipinski definition) is 1. The highest BCUT2D eigenvalue weighted by atomic mass is 16.5. The molecule has 0 fully saturated rings. The van der Waals surface area contributed by atoms with Crippen LogP contribution in [-0.4, -0.2) is 18.2 Å². The van der Waals surface area contributed by atoms with Gasteiger partial charge in [0, 0.05) is 11.1 Å². The number of carbonyl (C=O) groups excluding carboxylic acids is 1. The van der Waals surface area contributed by atoms with Gasteiger partial charge in [0.1, 0.15) is 23.7 Å². The minimum Gasteiger partial charge on any atom is -0.507 e. The Morgan fingerprint density at radius 3 is 2.86 bits per heavy atom. The number of carbonyl (C=O) groups is 1. The number of methoxy groups -OCH3 is 1. The van der Waals surface area contributed by atoms with Crippen LogP contribution in [0.1, 0.15) is 53.2 Å². The molecule has 1 heterocycles. The molecule has 4 nitrogen and oxygen atoms in total. The number of phenolic OH excluding ortho intramolecular Hbond substituents is 1. The summed E-state index contributed by atoms with van der Waals surface area (Å²) in [6.07, 6.45) is 5.06. The van der Waals surface area contributed by atoms with E-state index in [-0.39, 0.29) is 17.9 Å².